The zero-order valence-electron chi connectivity index (χ0n) is 13.9. The molecule has 1 N–H and O–H groups in total. The van der Waals surface area contributed by atoms with Crippen LogP contribution in [0.5, 0.6) is 0 Å². The molecule has 156 valence electrons. The van der Waals surface area contributed by atoms with Gasteiger partial charge in [0.15, 0.2) is 5.82 Å². The van der Waals surface area contributed by atoms with E-state index in [1.807, 2.05) is 0 Å². The van der Waals surface area contributed by atoms with Gasteiger partial charge in [0.2, 0.25) is 0 Å². The molecule has 28 heavy (non-hydrogen) atoms. The lowest BCUT2D eigenvalue weighted by atomic mass is 10.1. The van der Waals surface area contributed by atoms with Crippen molar-refractivity contribution in [3.63, 3.8) is 0 Å². The van der Waals surface area contributed by atoms with Crippen molar-refractivity contribution < 1.29 is 44.4 Å². The lowest BCUT2D eigenvalue weighted by molar-refractivity contribution is -0.138. The van der Waals surface area contributed by atoms with E-state index in [0.717, 1.165) is 19.2 Å². The minimum atomic E-state index is -5.00. The Morgan fingerprint density at radius 1 is 0.929 bits per heavy atom. The van der Waals surface area contributed by atoms with Crippen molar-refractivity contribution in [3.8, 4) is 0 Å². The molecule has 0 spiro atoms. The third-order valence-electron chi connectivity index (χ3n) is 3.41. The van der Waals surface area contributed by atoms with E-state index in [-0.39, 0.29) is 16.2 Å². The normalized spacial score (nSPS) is 13.1. The summed E-state index contributed by atoms with van der Waals surface area (Å²) in [6.45, 7) is -3.98. The van der Waals surface area contributed by atoms with Gasteiger partial charge in [-0.2, -0.15) is 39.5 Å². The first-order chi connectivity index (χ1) is 12.7. The van der Waals surface area contributed by atoms with Gasteiger partial charge in [0, 0.05) is 11.1 Å². The van der Waals surface area contributed by atoms with Crippen LogP contribution in [-0.4, -0.2) is 37.5 Å². The summed E-state index contributed by atoms with van der Waals surface area (Å²) >= 11 is 0. The van der Waals surface area contributed by atoms with Crippen LogP contribution < -0.4 is 10.4 Å². The Hall–Kier alpha value is -2.44. The van der Waals surface area contributed by atoms with Gasteiger partial charge < -0.3 is 4.90 Å². The number of hydrogen-bond donors (Lipinski definition) is 1. The van der Waals surface area contributed by atoms with Gasteiger partial charge in [0.25, 0.3) is 0 Å². The van der Waals surface area contributed by atoms with Crippen LogP contribution in [0.3, 0.4) is 0 Å². The third-order valence-corrected chi connectivity index (χ3v) is 3.41. The maximum absolute atomic E-state index is 13.3. The van der Waals surface area contributed by atoms with Crippen molar-refractivity contribution in [2.75, 3.05) is 30.6 Å². The monoisotopic (exact) mass is 421 g/mol. The molecule has 0 aliphatic heterocycles. The predicted molar refractivity (Wildman–Crippen MR) is 81.7 cm³/mol. The Bertz CT molecular complexity index is 814. The Morgan fingerprint density at radius 3 is 1.96 bits per heavy atom. The van der Waals surface area contributed by atoms with Crippen LogP contribution in [0.1, 0.15) is 5.56 Å². The number of alkyl halides is 9. The fourth-order valence-electron chi connectivity index (χ4n) is 2.47. The maximum atomic E-state index is 13.3. The van der Waals surface area contributed by atoms with E-state index in [2.05, 4.69) is 15.3 Å². The van der Waals surface area contributed by atoms with Crippen molar-refractivity contribution in [3.05, 3.63) is 29.8 Å². The molecular weight excluding hydrogens is 409 g/mol. The molecule has 2 rings (SSSR count). The number of anilines is 2. The number of hydrogen-bond acceptors (Lipinski definition) is 4. The summed E-state index contributed by atoms with van der Waals surface area (Å²) in [5.74, 6) is -0.336. The van der Waals surface area contributed by atoms with Gasteiger partial charge in [-0.1, -0.05) is 0 Å². The highest BCUT2D eigenvalue weighted by atomic mass is 19.4. The van der Waals surface area contributed by atoms with Crippen LogP contribution in [0, 0.1) is 0 Å². The zero-order valence-corrected chi connectivity index (χ0v) is 13.9. The van der Waals surface area contributed by atoms with Crippen LogP contribution in [0.15, 0.2) is 24.3 Å². The van der Waals surface area contributed by atoms with Gasteiger partial charge in [-0.15, -0.1) is 0 Å². The standard InChI is InChI=1S/C15H12F9N3O/c1-28-26-12-5-10(15(22,23)24)9-4-8(2-3-11(9)25-12)27(6-13(16,17)18)7-14(19,20)21/h2-5H,6-7H2,1H3,(H,25,26). The second-order valence-corrected chi connectivity index (χ2v) is 5.65. The summed E-state index contributed by atoms with van der Waals surface area (Å²) in [7, 11) is 1.12. The first kappa shape index (κ1) is 21.9. The largest absolute Gasteiger partial charge is 0.417 e. The molecule has 0 amide bonds. The van der Waals surface area contributed by atoms with Crippen molar-refractivity contribution in [1.29, 1.82) is 0 Å². The molecule has 13 heteroatoms. The molecule has 0 saturated carbocycles. The first-order valence-corrected chi connectivity index (χ1v) is 7.39. The summed E-state index contributed by atoms with van der Waals surface area (Å²) in [4.78, 5) is 8.17. The maximum Gasteiger partial charge on any atom is 0.417 e. The molecule has 1 heterocycles. The molecule has 0 aliphatic rings. The smallest absolute Gasteiger partial charge is 0.353 e. The fraction of sp³-hybridized carbons (Fsp3) is 0.400. The van der Waals surface area contributed by atoms with E-state index >= 15 is 0 Å². The molecule has 0 fully saturated rings. The van der Waals surface area contributed by atoms with Crippen molar-refractivity contribution in [1.82, 2.24) is 4.98 Å². The van der Waals surface area contributed by atoms with Crippen molar-refractivity contribution in [2.45, 2.75) is 18.5 Å². The van der Waals surface area contributed by atoms with Gasteiger partial charge in [-0.05, 0) is 24.3 Å². The van der Waals surface area contributed by atoms with Gasteiger partial charge in [0.05, 0.1) is 18.2 Å². The number of rotatable bonds is 5. The highest BCUT2D eigenvalue weighted by Gasteiger charge is 2.38. The average Bonchev–Trinajstić information content (AvgIpc) is 2.49. The Kier molecular flexibility index (Phi) is 5.87. The van der Waals surface area contributed by atoms with Crippen LogP contribution >= 0.6 is 0 Å². The molecule has 0 saturated heterocycles. The van der Waals surface area contributed by atoms with E-state index < -0.39 is 48.3 Å². The number of nitrogens with one attached hydrogen (secondary N) is 1. The second kappa shape index (κ2) is 7.53. The summed E-state index contributed by atoms with van der Waals surface area (Å²) in [6.07, 6.45) is -14.9. The molecule has 4 nitrogen and oxygen atoms in total. The summed E-state index contributed by atoms with van der Waals surface area (Å²) < 4.78 is 116. The van der Waals surface area contributed by atoms with E-state index in [1.165, 1.54) is 0 Å². The topological polar surface area (TPSA) is 37.4 Å². The first-order valence-electron chi connectivity index (χ1n) is 7.39. The quantitative estimate of drug-likeness (QED) is 0.535. The van der Waals surface area contributed by atoms with E-state index in [0.29, 0.717) is 12.1 Å². The number of benzene rings is 1. The second-order valence-electron chi connectivity index (χ2n) is 5.65. The van der Waals surface area contributed by atoms with E-state index in [1.54, 1.807) is 0 Å². The summed E-state index contributed by atoms with van der Waals surface area (Å²) in [6, 6.07) is 2.87. The highest BCUT2D eigenvalue weighted by Crippen LogP contribution is 2.38. The molecule has 0 bridgehead atoms. The van der Waals surface area contributed by atoms with Crippen LogP contribution in [0.25, 0.3) is 10.9 Å². The van der Waals surface area contributed by atoms with Crippen molar-refractivity contribution >= 4 is 22.4 Å². The predicted octanol–water partition coefficient (Wildman–Crippen LogP) is 5.16. The molecule has 0 unspecified atom stereocenters. The Morgan fingerprint density at radius 2 is 1.50 bits per heavy atom. The minimum absolute atomic E-state index is 0.0963. The molecule has 0 aliphatic carbocycles. The molecule has 2 aromatic rings. The summed E-state index contributed by atoms with van der Waals surface area (Å²) in [5, 5.41) is -0.652. The lowest BCUT2D eigenvalue weighted by Gasteiger charge is -2.27. The van der Waals surface area contributed by atoms with E-state index in [4.69, 9.17) is 0 Å². The van der Waals surface area contributed by atoms with Gasteiger partial charge in [-0.25, -0.2) is 10.5 Å². The number of nitrogens with zero attached hydrogens (tertiary/aromatic N) is 2. The van der Waals surface area contributed by atoms with Crippen molar-refractivity contribution in [2.24, 2.45) is 0 Å². The van der Waals surface area contributed by atoms with Gasteiger partial charge >= 0.3 is 18.5 Å². The van der Waals surface area contributed by atoms with Crippen LogP contribution in [0.2, 0.25) is 0 Å². The minimum Gasteiger partial charge on any atom is -0.353 e. The third kappa shape index (κ3) is 5.78. The highest BCUT2D eigenvalue weighted by molar-refractivity contribution is 5.87. The zero-order chi connectivity index (χ0) is 21.3. The SMILES string of the molecule is CONc1cc(C(F)(F)F)c2cc(N(CC(F)(F)F)CC(F)(F)F)ccc2n1. The fourth-order valence-corrected chi connectivity index (χ4v) is 2.47. The van der Waals surface area contributed by atoms with Gasteiger partial charge in [-0.3, -0.25) is 4.84 Å². The van der Waals surface area contributed by atoms with Crippen LogP contribution in [0.4, 0.5) is 51.0 Å². The number of fused-ring (bicyclic) bond motifs is 1. The average molecular weight is 421 g/mol. The number of pyridine rings is 1. The molecule has 0 radical (unpaired) electrons. The lowest BCUT2D eigenvalue weighted by Crippen LogP contribution is -2.40. The molecular formula is C15H12F9N3O. The van der Waals surface area contributed by atoms with Gasteiger partial charge in [0.1, 0.15) is 13.1 Å². The summed E-state index contributed by atoms with van der Waals surface area (Å²) in [5.41, 5.74) is -0.174. The molecule has 1 aromatic carbocycles. The Labute approximate surface area is 151 Å². The molecule has 0 atom stereocenters. The van der Waals surface area contributed by atoms with Crippen LogP contribution in [-0.2, 0) is 11.0 Å². The number of aromatic nitrogens is 1. The number of halogens is 9. The Balaban J connectivity index is 2.62. The molecule has 1 aromatic heterocycles. The van der Waals surface area contributed by atoms with E-state index in [9.17, 15) is 39.5 Å².